The van der Waals surface area contributed by atoms with Gasteiger partial charge in [-0.2, -0.15) is 0 Å². The lowest BCUT2D eigenvalue weighted by atomic mass is 10.1. The fraction of sp³-hybridized carbons (Fsp3) is 0.286. The summed E-state index contributed by atoms with van der Waals surface area (Å²) in [7, 11) is 1.35. The molecule has 5 heteroatoms. The van der Waals surface area contributed by atoms with Crippen molar-refractivity contribution in [3.05, 3.63) is 46.5 Å². The van der Waals surface area contributed by atoms with Crippen LogP contribution in [0.3, 0.4) is 0 Å². The van der Waals surface area contributed by atoms with Crippen molar-refractivity contribution in [2.24, 2.45) is 0 Å². The number of carbonyl (C=O) groups is 1. The summed E-state index contributed by atoms with van der Waals surface area (Å²) in [5, 5.41) is 5.66. The number of ether oxygens (including phenoxy) is 1. The monoisotopic (exact) mass is 276 g/mol. The Kier molecular flexibility index (Phi) is 4.52. The Balaban J connectivity index is 2.02. The highest BCUT2D eigenvalue weighted by molar-refractivity contribution is 7.13. The number of aryl methyl sites for hydroxylation is 1. The van der Waals surface area contributed by atoms with Crippen molar-refractivity contribution in [2.75, 3.05) is 12.4 Å². The standard InChI is InChI=1S/C14H16N2O2S/c1-3-10-6-4-5-7-11(10)8-15-14-16-12(9-19-14)13(17)18-2/h4-7,9H,3,8H2,1-2H3,(H,15,16). The van der Waals surface area contributed by atoms with Gasteiger partial charge < -0.3 is 10.1 Å². The third-order valence-electron chi connectivity index (χ3n) is 2.83. The van der Waals surface area contributed by atoms with Crippen molar-refractivity contribution in [3.8, 4) is 0 Å². The molecule has 0 saturated carbocycles. The molecular formula is C14H16N2O2S. The largest absolute Gasteiger partial charge is 0.464 e. The lowest BCUT2D eigenvalue weighted by molar-refractivity contribution is 0.0595. The molecule has 4 nitrogen and oxygen atoms in total. The molecule has 1 heterocycles. The van der Waals surface area contributed by atoms with Gasteiger partial charge in [-0.3, -0.25) is 0 Å². The molecule has 100 valence electrons. The zero-order valence-corrected chi connectivity index (χ0v) is 11.8. The topological polar surface area (TPSA) is 51.2 Å². The number of esters is 1. The van der Waals surface area contributed by atoms with Gasteiger partial charge in [-0.15, -0.1) is 11.3 Å². The molecule has 1 N–H and O–H groups in total. The van der Waals surface area contributed by atoms with Crippen LogP contribution in [0.15, 0.2) is 29.6 Å². The minimum atomic E-state index is -0.404. The Labute approximate surface area is 116 Å². The van der Waals surface area contributed by atoms with E-state index in [1.807, 2.05) is 12.1 Å². The molecule has 0 spiro atoms. The maximum Gasteiger partial charge on any atom is 0.357 e. The highest BCUT2D eigenvalue weighted by Crippen LogP contribution is 2.18. The van der Waals surface area contributed by atoms with Crippen LogP contribution >= 0.6 is 11.3 Å². The van der Waals surface area contributed by atoms with E-state index in [0.717, 1.165) is 11.6 Å². The van der Waals surface area contributed by atoms with Gasteiger partial charge in [0.1, 0.15) is 0 Å². The zero-order chi connectivity index (χ0) is 13.7. The molecule has 2 aromatic rings. The van der Waals surface area contributed by atoms with E-state index in [0.29, 0.717) is 12.2 Å². The van der Waals surface area contributed by atoms with Crippen molar-refractivity contribution in [1.82, 2.24) is 4.98 Å². The highest BCUT2D eigenvalue weighted by atomic mass is 32.1. The van der Waals surface area contributed by atoms with Crippen LogP contribution in [0.25, 0.3) is 0 Å². The number of rotatable bonds is 5. The van der Waals surface area contributed by atoms with Crippen LogP contribution in [0, 0.1) is 0 Å². The summed E-state index contributed by atoms with van der Waals surface area (Å²) >= 11 is 1.40. The second-order valence-corrected chi connectivity index (χ2v) is 4.86. The summed E-state index contributed by atoms with van der Waals surface area (Å²) in [6.07, 6.45) is 1.00. The van der Waals surface area contributed by atoms with Crippen molar-refractivity contribution in [3.63, 3.8) is 0 Å². The van der Waals surface area contributed by atoms with E-state index in [1.54, 1.807) is 5.38 Å². The van der Waals surface area contributed by atoms with Gasteiger partial charge in [-0.25, -0.2) is 9.78 Å². The molecule has 0 unspecified atom stereocenters. The number of thiazole rings is 1. The van der Waals surface area contributed by atoms with Gasteiger partial charge in [-0.05, 0) is 17.5 Å². The van der Waals surface area contributed by atoms with E-state index in [1.165, 1.54) is 29.6 Å². The van der Waals surface area contributed by atoms with Crippen LogP contribution in [0.4, 0.5) is 5.13 Å². The van der Waals surface area contributed by atoms with Crippen molar-refractivity contribution >= 4 is 22.4 Å². The Morgan fingerprint density at radius 2 is 2.11 bits per heavy atom. The van der Waals surface area contributed by atoms with E-state index in [9.17, 15) is 4.79 Å². The first kappa shape index (κ1) is 13.5. The molecule has 1 aromatic carbocycles. The molecule has 0 aliphatic heterocycles. The van der Waals surface area contributed by atoms with Gasteiger partial charge in [-0.1, -0.05) is 31.2 Å². The minimum absolute atomic E-state index is 0.346. The van der Waals surface area contributed by atoms with Crippen LogP contribution in [0.2, 0.25) is 0 Å². The number of benzene rings is 1. The van der Waals surface area contributed by atoms with Crippen LogP contribution < -0.4 is 5.32 Å². The molecule has 0 atom stereocenters. The second kappa shape index (κ2) is 6.33. The summed E-state index contributed by atoms with van der Waals surface area (Å²) in [5.74, 6) is -0.404. The number of nitrogens with zero attached hydrogens (tertiary/aromatic N) is 1. The Hall–Kier alpha value is -1.88. The van der Waals surface area contributed by atoms with Gasteiger partial charge in [0.05, 0.1) is 7.11 Å². The first-order valence-corrected chi connectivity index (χ1v) is 6.97. The maximum atomic E-state index is 11.3. The average Bonchev–Trinajstić information content (AvgIpc) is 2.93. The molecule has 2 rings (SSSR count). The fourth-order valence-corrected chi connectivity index (χ4v) is 2.48. The Morgan fingerprint density at radius 3 is 2.79 bits per heavy atom. The predicted octanol–water partition coefficient (Wildman–Crippen LogP) is 3.10. The first-order chi connectivity index (χ1) is 9.24. The van der Waals surface area contributed by atoms with E-state index >= 15 is 0 Å². The number of hydrogen-bond acceptors (Lipinski definition) is 5. The Bertz CT molecular complexity index is 566. The van der Waals surface area contributed by atoms with Gasteiger partial charge >= 0.3 is 5.97 Å². The molecule has 0 radical (unpaired) electrons. The maximum absolute atomic E-state index is 11.3. The first-order valence-electron chi connectivity index (χ1n) is 6.09. The predicted molar refractivity (Wildman–Crippen MR) is 76.6 cm³/mol. The quantitative estimate of drug-likeness (QED) is 0.853. The van der Waals surface area contributed by atoms with E-state index < -0.39 is 5.97 Å². The van der Waals surface area contributed by atoms with Gasteiger partial charge in [0.25, 0.3) is 0 Å². The molecular weight excluding hydrogens is 260 g/mol. The number of methoxy groups -OCH3 is 1. The van der Waals surface area contributed by atoms with Crippen molar-refractivity contribution in [1.29, 1.82) is 0 Å². The van der Waals surface area contributed by atoms with Crippen molar-refractivity contribution < 1.29 is 9.53 Å². The van der Waals surface area contributed by atoms with Crippen LogP contribution in [0.5, 0.6) is 0 Å². The average molecular weight is 276 g/mol. The van der Waals surface area contributed by atoms with Crippen LogP contribution in [-0.2, 0) is 17.7 Å². The number of nitrogens with one attached hydrogen (secondary N) is 1. The van der Waals surface area contributed by atoms with Crippen LogP contribution in [0.1, 0.15) is 28.5 Å². The molecule has 0 bridgehead atoms. The number of anilines is 1. The normalized spacial score (nSPS) is 10.2. The third kappa shape index (κ3) is 3.32. The SMILES string of the molecule is CCc1ccccc1CNc1nc(C(=O)OC)cs1. The molecule has 0 fully saturated rings. The highest BCUT2D eigenvalue weighted by Gasteiger charge is 2.10. The zero-order valence-electron chi connectivity index (χ0n) is 11.0. The number of carbonyl (C=O) groups excluding carboxylic acids is 1. The minimum Gasteiger partial charge on any atom is -0.464 e. The second-order valence-electron chi connectivity index (χ2n) is 4.01. The van der Waals surface area contributed by atoms with Gasteiger partial charge in [0, 0.05) is 11.9 Å². The Morgan fingerprint density at radius 1 is 1.37 bits per heavy atom. The molecule has 0 aliphatic carbocycles. The van der Waals surface area contributed by atoms with E-state index in [4.69, 9.17) is 0 Å². The lowest BCUT2D eigenvalue weighted by Crippen LogP contribution is -2.04. The molecule has 0 aliphatic rings. The summed E-state index contributed by atoms with van der Waals surface area (Å²) in [4.78, 5) is 15.5. The smallest absolute Gasteiger partial charge is 0.357 e. The molecule has 0 saturated heterocycles. The van der Waals surface area contributed by atoms with Crippen molar-refractivity contribution in [2.45, 2.75) is 19.9 Å². The van der Waals surface area contributed by atoms with E-state index in [2.05, 4.69) is 34.1 Å². The lowest BCUT2D eigenvalue weighted by Gasteiger charge is -2.07. The van der Waals surface area contributed by atoms with Gasteiger partial charge in [0.2, 0.25) is 0 Å². The molecule has 1 aromatic heterocycles. The van der Waals surface area contributed by atoms with Gasteiger partial charge in [0.15, 0.2) is 10.8 Å². The van der Waals surface area contributed by atoms with E-state index in [-0.39, 0.29) is 0 Å². The summed E-state index contributed by atoms with van der Waals surface area (Å²) in [5.41, 5.74) is 2.92. The number of hydrogen-bond donors (Lipinski definition) is 1. The van der Waals surface area contributed by atoms with Crippen LogP contribution in [-0.4, -0.2) is 18.1 Å². The summed E-state index contributed by atoms with van der Waals surface area (Å²) in [6.45, 7) is 2.84. The number of aromatic nitrogens is 1. The molecule has 0 amide bonds. The molecule has 19 heavy (non-hydrogen) atoms. The summed E-state index contributed by atoms with van der Waals surface area (Å²) < 4.78 is 4.63. The third-order valence-corrected chi connectivity index (χ3v) is 3.63. The fourth-order valence-electron chi connectivity index (χ4n) is 1.80. The summed E-state index contributed by atoms with van der Waals surface area (Å²) in [6, 6.07) is 8.29.